The maximum absolute atomic E-state index is 12.3. The maximum atomic E-state index is 12.3. The first-order chi connectivity index (χ1) is 15.2. The standard InChI is InChI=1S/C24H18O8/c1-13(25)19-9-7-17(11-21(19)27)31-23(29)15-3-5-16(6-4-15)24(30)32-18-8-10-20(14(2)26)22(28)12-18/h3-12,27-28H,1-2H3. The quantitative estimate of drug-likeness (QED) is 0.339. The molecule has 0 spiro atoms. The van der Waals surface area contributed by atoms with Gasteiger partial charge in [-0.15, -0.1) is 0 Å². The van der Waals surface area contributed by atoms with Crippen LogP contribution in [0.4, 0.5) is 0 Å². The third-order valence-corrected chi connectivity index (χ3v) is 4.47. The molecule has 8 heteroatoms. The predicted molar refractivity (Wildman–Crippen MR) is 113 cm³/mol. The molecule has 2 N–H and O–H groups in total. The normalized spacial score (nSPS) is 10.3. The molecule has 8 nitrogen and oxygen atoms in total. The van der Waals surface area contributed by atoms with E-state index in [-0.39, 0.29) is 56.8 Å². The van der Waals surface area contributed by atoms with Crippen molar-refractivity contribution < 1.29 is 38.9 Å². The second-order valence-electron chi connectivity index (χ2n) is 6.83. The molecule has 0 radical (unpaired) electrons. The third-order valence-electron chi connectivity index (χ3n) is 4.47. The van der Waals surface area contributed by atoms with Gasteiger partial charge < -0.3 is 19.7 Å². The zero-order valence-corrected chi connectivity index (χ0v) is 17.1. The Kier molecular flexibility index (Phi) is 6.34. The van der Waals surface area contributed by atoms with Gasteiger partial charge in [-0.25, -0.2) is 9.59 Å². The minimum Gasteiger partial charge on any atom is -0.507 e. The molecule has 0 aliphatic heterocycles. The lowest BCUT2D eigenvalue weighted by Crippen LogP contribution is -2.11. The molecule has 0 amide bonds. The predicted octanol–water partition coefficient (Wildman–Crippen LogP) is 3.94. The summed E-state index contributed by atoms with van der Waals surface area (Å²) in [5.41, 5.74) is 0.495. The number of phenols is 2. The van der Waals surface area contributed by atoms with E-state index in [1.54, 1.807) is 0 Å². The molecule has 3 aromatic rings. The SMILES string of the molecule is CC(=O)c1ccc(OC(=O)c2ccc(C(=O)Oc3ccc(C(C)=O)c(O)c3)cc2)cc1O. The van der Waals surface area contributed by atoms with E-state index in [0.29, 0.717) is 0 Å². The van der Waals surface area contributed by atoms with Crippen LogP contribution >= 0.6 is 0 Å². The lowest BCUT2D eigenvalue weighted by atomic mass is 10.1. The average molecular weight is 434 g/mol. The number of carbonyl (C=O) groups is 4. The van der Waals surface area contributed by atoms with Crippen molar-refractivity contribution >= 4 is 23.5 Å². The van der Waals surface area contributed by atoms with Gasteiger partial charge in [0.2, 0.25) is 0 Å². The van der Waals surface area contributed by atoms with Crippen molar-refractivity contribution in [3.05, 3.63) is 82.9 Å². The molecule has 0 fully saturated rings. The lowest BCUT2D eigenvalue weighted by Gasteiger charge is -2.08. The Morgan fingerprint density at radius 1 is 0.594 bits per heavy atom. The number of rotatable bonds is 6. The number of hydrogen-bond acceptors (Lipinski definition) is 8. The summed E-state index contributed by atoms with van der Waals surface area (Å²) in [6.07, 6.45) is 0. The van der Waals surface area contributed by atoms with Crippen molar-refractivity contribution in [2.45, 2.75) is 13.8 Å². The Balaban J connectivity index is 1.67. The van der Waals surface area contributed by atoms with Crippen LogP contribution in [0.5, 0.6) is 23.0 Å². The Labute approximate surface area is 182 Å². The second-order valence-corrected chi connectivity index (χ2v) is 6.83. The van der Waals surface area contributed by atoms with Crippen molar-refractivity contribution in [1.82, 2.24) is 0 Å². The maximum Gasteiger partial charge on any atom is 0.343 e. The highest BCUT2D eigenvalue weighted by atomic mass is 16.5. The van der Waals surface area contributed by atoms with E-state index in [1.165, 1.54) is 62.4 Å². The molecular formula is C24H18O8. The molecule has 162 valence electrons. The van der Waals surface area contributed by atoms with Gasteiger partial charge in [0, 0.05) is 12.1 Å². The highest BCUT2D eigenvalue weighted by molar-refractivity contribution is 5.98. The van der Waals surface area contributed by atoms with E-state index < -0.39 is 11.9 Å². The molecule has 32 heavy (non-hydrogen) atoms. The van der Waals surface area contributed by atoms with Crippen LogP contribution in [0.1, 0.15) is 55.3 Å². The zero-order chi connectivity index (χ0) is 23.4. The second kappa shape index (κ2) is 9.13. The van der Waals surface area contributed by atoms with E-state index in [2.05, 4.69) is 0 Å². The molecule has 0 aliphatic carbocycles. The van der Waals surface area contributed by atoms with Gasteiger partial charge in [-0.1, -0.05) is 0 Å². The number of phenolic OH excluding ortho intramolecular Hbond substituents is 2. The van der Waals surface area contributed by atoms with Gasteiger partial charge in [0.05, 0.1) is 22.3 Å². The van der Waals surface area contributed by atoms with Crippen LogP contribution in [0.25, 0.3) is 0 Å². The Hall–Kier alpha value is -4.46. The molecule has 0 bridgehead atoms. The summed E-state index contributed by atoms with van der Waals surface area (Å²) >= 11 is 0. The highest BCUT2D eigenvalue weighted by Crippen LogP contribution is 2.26. The zero-order valence-electron chi connectivity index (χ0n) is 17.1. The van der Waals surface area contributed by atoms with Crippen molar-refractivity contribution in [2.75, 3.05) is 0 Å². The number of carbonyl (C=O) groups excluding carboxylic acids is 4. The van der Waals surface area contributed by atoms with Crippen molar-refractivity contribution in [3.63, 3.8) is 0 Å². The molecule has 0 saturated carbocycles. The third kappa shape index (κ3) is 4.99. The summed E-state index contributed by atoms with van der Waals surface area (Å²) in [6.45, 7) is 2.61. The summed E-state index contributed by atoms with van der Waals surface area (Å²) in [7, 11) is 0. The number of ketones is 2. The molecule has 3 aromatic carbocycles. The summed E-state index contributed by atoms with van der Waals surface area (Å²) in [6, 6.07) is 13.2. The summed E-state index contributed by atoms with van der Waals surface area (Å²) in [4.78, 5) is 47.3. The molecule has 0 aliphatic rings. The van der Waals surface area contributed by atoms with Crippen LogP contribution in [0.15, 0.2) is 60.7 Å². The van der Waals surface area contributed by atoms with Crippen molar-refractivity contribution in [2.24, 2.45) is 0 Å². The number of ether oxygens (including phenoxy) is 2. The smallest absolute Gasteiger partial charge is 0.343 e. The van der Waals surface area contributed by atoms with E-state index >= 15 is 0 Å². The summed E-state index contributed by atoms with van der Waals surface area (Å²) < 4.78 is 10.3. The summed E-state index contributed by atoms with van der Waals surface area (Å²) in [5.74, 6) is -2.62. The van der Waals surface area contributed by atoms with E-state index in [1.807, 2.05) is 0 Å². The molecule has 0 unspecified atom stereocenters. The van der Waals surface area contributed by atoms with Crippen LogP contribution in [-0.4, -0.2) is 33.7 Å². The fourth-order valence-electron chi connectivity index (χ4n) is 2.82. The first-order valence-electron chi connectivity index (χ1n) is 9.38. The number of Topliss-reactive ketones (excluding diaryl/α,β-unsaturated/α-hetero) is 2. The molecule has 0 aromatic heterocycles. The van der Waals surface area contributed by atoms with E-state index in [9.17, 15) is 29.4 Å². The Morgan fingerprint density at radius 2 is 0.938 bits per heavy atom. The van der Waals surface area contributed by atoms with Gasteiger partial charge in [0.1, 0.15) is 23.0 Å². The highest BCUT2D eigenvalue weighted by Gasteiger charge is 2.15. The summed E-state index contributed by atoms with van der Waals surface area (Å²) in [5, 5.41) is 19.7. The number of hydrogen-bond donors (Lipinski definition) is 2. The number of esters is 2. The molecule has 3 rings (SSSR count). The van der Waals surface area contributed by atoms with Gasteiger partial charge in [-0.2, -0.15) is 0 Å². The Bertz CT molecular complexity index is 1130. The largest absolute Gasteiger partial charge is 0.507 e. The minimum absolute atomic E-state index is 0.0507. The van der Waals surface area contributed by atoms with Crippen LogP contribution < -0.4 is 9.47 Å². The van der Waals surface area contributed by atoms with Crippen molar-refractivity contribution in [3.8, 4) is 23.0 Å². The van der Waals surface area contributed by atoms with Crippen LogP contribution in [0, 0.1) is 0 Å². The Morgan fingerprint density at radius 3 is 1.22 bits per heavy atom. The fourth-order valence-corrected chi connectivity index (χ4v) is 2.82. The van der Waals surface area contributed by atoms with Gasteiger partial charge in [0.15, 0.2) is 11.6 Å². The van der Waals surface area contributed by atoms with Crippen LogP contribution in [-0.2, 0) is 0 Å². The first-order valence-corrected chi connectivity index (χ1v) is 9.38. The number of aromatic hydroxyl groups is 2. The molecule has 0 heterocycles. The van der Waals surface area contributed by atoms with Gasteiger partial charge in [-0.3, -0.25) is 9.59 Å². The lowest BCUT2D eigenvalue weighted by molar-refractivity contribution is 0.0720. The first kappa shape index (κ1) is 22.2. The monoisotopic (exact) mass is 434 g/mol. The average Bonchev–Trinajstić information content (AvgIpc) is 2.73. The molecular weight excluding hydrogens is 416 g/mol. The van der Waals surface area contributed by atoms with Gasteiger partial charge in [0.25, 0.3) is 0 Å². The van der Waals surface area contributed by atoms with E-state index in [4.69, 9.17) is 9.47 Å². The molecule has 0 saturated heterocycles. The number of benzene rings is 3. The van der Waals surface area contributed by atoms with E-state index in [0.717, 1.165) is 12.1 Å². The van der Waals surface area contributed by atoms with Gasteiger partial charge >= 0.3 is 11.9 Å². The molecule has 0 atom stereocenters. The van der Waals surface area contributed by atoms with Crippen molar-refractivity contribution in [1.29, 1.82) is 0 Å². The van der Waals surface area contributed by atoms with Crippen LogP contribution in [0.3, 0.4) is 0 Å². The minimum atomic E-state index is -0.732. The van der Waals surface area contributed by atoms with Gasteiger partial charge in [-0.05, 0) is 62.4 Å². The topological polar surface area (TPSA) is 127 Å². The fraction of sp³-hybridized carbons (Fsp3) is 0.0833. The van der Waals surface area contributed by atoms with Crippen LogP contribution in [0.2, 0.25) is 0 Å².